The van der Waals surface area contributed by atoms with Gasteiger partial charge in [-0.1, -0.05) is 29.3 Å². The lowest BCUT2D eigenvalue weighted by atomic mass is 10.2. The predicted octanol–water partition coefficient (Wildman–Crippen LogP) is 3.71. The van der Waals surface area contributed by atoms with Crippen LogP contribution in [0.5, 0.6) is 5.75 Å². The van der Waals surface area contributed by atoms with E-state index in [9.17, 15) is 4.79 Å². The molecule has 0 bridgehead atoms. The number of ether oxygens (including phenoxy) is 1. The number of rotatable bonds is 5. The summed E-state index contributed by atoms with van der Waals surface area (Å²) in [4.78, 5) is 11.8. The van der Waals surface area contributed by atoms with Crippen molar-refractivity contribution in [1.29, 1.82) is 0 Å². The predicted molar refractivity (Wildman–Crippen MR) is 86.3 cm³/mol. The van der Waals surface area contributed by atoms with Crippen molar-refractivity contribution >= 4 is 28.9 Å². The zero-order valence-corrected chi connectivity index (χ0v) is 12.7. The standard InChI is InChI=1S/C16H17ClN2O2/c1-11-3-5-12(6-4-11)19-16(20)10-18-13-7-8-15(21-2)14(17)9-13/h3-9,18H,10H2,1-2H3,(H,19,20). The largest absolute Gasteiger partial charge is 0.495 e. The fourth-order valence-corrected chi connectivity index (χ4v) is 2.06. The molecule has 2 rings (SSSR count). The molecule has 0 heterocycles. The molecule has 0 saturated carbocycles. The summed E-state index contributed by atoms with van der Waals surface area (Å²) in [5.74, 6) is 0.483. The minimum Gasteiger partial charge on any atom is -0.495 e. The number of hydrogen-bond donors (Lipinski definition) is 2. The number of aryl methyl sites for hydroxylation is 1. The normalized spacial score (nSPS) is 10.0. The summed E-state index contributed by atoms with van der Waals surface area (Å²) in [5.41, 5.74) is 2.69. The summed E-state index contributed by atoms with van der Waals surface area (Å²) in [7, 11) is 1.56. The molecule has 0 aliphatic rings. The summed E-state index contributed by atoms with van der Waals surface area (Å²) < 4.78 is 5.08. The highest BCUT2D eigenvalue weighted by Crippen LogP contribution is 2.27. The Morgan fingerprint density at radius 3 is 2.43 bits per heavy atom. The van der Waals surface area contributed by atoms with Gasteiger partial charge in [0.1, 0.15) is 5.75 Å². The molecular formula is C16H17ClN2O2. The molecule has 0 aliphatic carbocycles. The van der Waals surface area contributed by atoms with Gasteiger partial charge in [0.15, 0.2) is 0 Å². The third-order valence-corrected chi connectivity index (χ3v) is 3.24. The van der Waals surface area contributed by atoms with E-state index in [1.165, 1.54) is 0 Å². The number of carbonyl (C=O) groups is 1. The minimum atomic E-state index is -0.120. The zero-order chi connectivity index (χ0) is 15.2. The van der Waals surface area contributed by atoms with Crippen molar-refractivity contribution in [3.63, 3.8) is 0 Å². The first-order valence-corrected chi connectivity index (χ1v) is 6.90. The fourth-order valence-electron chi connectivity index (χ4n) is 1.80. The summed E-state index contributed by atoms with van der Waals surface area (Å²) in [6.07, 6.45) is 0. The molecule has 0 spiro atoms. The van der Waals surface area contributed by atoms with Crippen LogP contribution in [0.2, 0.25) is 5.02 Å². The second kappa shape index (κ2) is 6.99. The zero-order valence-electron chi connectivity index (χ0n) is 11.9. The van der Waals surface area contributed by atoms with Gasteiger partial charge in [-0.3, -0.25) is 4.79 Å². The number of benzene rings is 2. The maximum Gasteiger partial charge on any atom is 0.243 e. The van der Waals surface area contributed by atoms with Crippen LogP contribution >= 0.6 is 11.6 Å². The SMILES string of the molecule is COc1ccc(NCC(=O)Nc2ccc(C)cc2)cc1Cl. The maximum atomic E-state index is 11.8. The third kappa shape index (κ3) is 4.39. The number of anilines is 2. The Hall–Kier alpha value is -2.20. The lowest BCUT2D eigenvalue weighted by Gasteiger charge is -2.09. The lowest BCUT2D eigenvalue weighted by molar-refractivity contribution is -0.114. The van der Waals surface area contributed by atoms with E-state index in [2.05, 4.69) is 10.6 Å². The molecule has 2 aromatic carbocycles. The molecule has 0 unspecified atom stereocenters. The number of carbonyl (C=O) groups excluding carboxylic acids is 1. The Labute approximate surface area is 129 Å². The summed E-state index contributed by atoms with van der Waals surface area (Å²) in [5, 5.41) is 6.33. The van der Waals surface area contributed by atoms with Gasteiger partial charge >= 0.3 is 0 Å². The van der Waals surface area contributed by atoms with Crippen LogP contribution in [0.4, 0.5) is 11.4 Å². The highest BCUT2D eigenvalue weighted by atomic mass is 35.5. The number of halogens is 1. The van der Waals surface area contributed by atoms with Crippen molar-refractivity contribution < 1.29 is 9.53 Å². The summed E-state index contributed by atoms with van der Waals surface area (Å²) in [6, 6.07) is 12.9. The van der Waals surface area contributed by atoms with Gasteiger partial charge in [0.25, 0.3) is 0 Å². The van der Waals surface area contributed by atoms with Crippen LogP contribution in [0.3, 0.4) is 0 Å². The molecule has 0 saturated heterocycles. The smallest absolute Gasteiger partial charge is 0.243 e. The molecule has 0 aromatic heterocycles. The van der Waals surface area contributed by atoms with Gasteiger partial charge in [0.05, 0.1) is 18.7 Å². The van der Waals surface area contributed by atoms with E-state index in [1.54, 1.807) is 19.2 Å². The molecule has 0 aliphatic heterocycles. The molecule has 0 atom stereocenters. The van der Waals surface area contributed by atoms with Crippen molar-refractivity contribution in [3.05, 3.63) is 53.1 Å². The molecule has 0 radical (unpaired) electrons. The highest BCUT2D eigenvalue weighted by molar-refractivity contribution is 6.32. The van der Waals surface area contributed by atoms with Crippen LogP contribution < -0.4 is 15.4 Å². The van der Waals surface area contributed by atoms with Gasteiger partial charge < -0.3 is 15.4 Å². The topological polar surface area (TPSA) is 50.4 Å². The Balaban J connectivity index is 1.89. The summed E-state index contributed by atoms with van der Waals surface area (Å²) >= 11 is 6.02. The molecule has 21 heavy (non-hydrogen) atoms. The first-order chi connectivity index (χ1) is 10.1. The van der Waals surface area contributed by atoms with Crippen LogP contribution in [0.1, 0.15) is 5.56 Å². The van der Waals surface area contributed by atoms with Crippen LogP contribution in [0, 0.1) is 6.92 Å². The Morgan fingerprint density at radius 2 is 1.81 bits per heavy atom. The molecule has 2 N–H and O–H groups in total. The molecule has 5 heteroatoms. The van der Waals surface area contributed by atoms with Crippen LogP contribution in [0.15, 0.2) is 42.5 Å². The van der Waals surface area contributed by atoms with E-state index in [0.29, 0.717) is 10.8 Å². The van der Waals surface area contributed by atoms with E-state index in [-0.39, 0.29) is 12.5 Å². The number of nitrogens with one attached hydrogen (secondary N) is 2. The van der Waals surface area contributed by atoms with Crippen molar-refractivity contribution in [2.45, 2.75) is 6.92 Å². The Morgan fingerprint density at radius 1 is 1.14 bits per heavy atom. The average Bonchev–Trinajstić information content (AvgIpc) is 2.48. The quantitative estimate of drug-likeness (QED) is 0.885. The van der Waals surface area contributed by atoms with Crippen molar-refractivity contribution in [2.24, 2.45) is 0 Å². The second-order valence-electron chi connectivity index (χ2n) is 4.62. The van der Waals surface area contributed by atoms with Crippen molar-refractivity contribution in [3.8, 4) is 5.75 Å². The van der Waals surface area contributed by atoms with Crippen LogP contribution in [-0.2, 0) is 4.79 Å². The van der Waals surface area contributed by atoms with Gasteiger partial charge in [0.2, 0.25) is 5.91 Å². The third-order valence-electron chi connectivity index (χ3n) is 2.94. The van der Waals surface area contributed by atoms with Gasteiger partial charge in [-0.05, 0) is 37.3 Å². The van der Waals surface area contributed by atoms with E-state index < -0.39 is 0 Å². The highest BCUT2D eigenvalue weighted by Gasteiger charge is 2.04. The number of methoxy groups -OCH3 is 1. The van der Waals surface area contributed by atoms with Crippen LogP contribution in [-0.4, -0.2) is 19.6 Å². The fraction of sp³-hybridized carbons (Fsp3) is 0.188. The molecule has 110 valence electrons. The first kappa shape index (κ1) is 15.2. The molecular weight excluding hydrogens is 288 g/mol. The van der Waals surface area contributed by atoms with Gasteiger partial charge in [-0.25, -0.2) is 0 Å². The minimum absolute atomic E-state index is 0.120. The van der Waals surface area contributed by atoms with Gasteiger partial charge in [-0.15, -0.1) is 0 Å². The maximum absolute atomic E-state index is 11.8. The van der Waals surface area contributed by atoms with Gasteiger partial charge in [0, 0.05) is 11.4 Å². The van der Waals surface area contributed by atoms with E-state index >= 15 is 0 Å². The average molecular weight is 305 g/mol. The molecule has 2 aromatic rings. The van der Waals surface area contributed by atoms with Crippen molar-refractivity contribution in [2.75, 3.05) is 24.3 Å². The Bertz CT molecular complexity index is 627. The van der Waals surface area contributed by atoms with Gasteiger partial charge in [-0.2, -0.15) is 0 Å². The Kier molecular flexibility index (Phi) is 5.06. The van der Waals surface area contributed by atoms with E-state index in [0.717, 1.165) is 16.9 Å². The molecule has 1 amide bonds. The number of hydrogen-bond acceptors (Lipinski definition) is 3. The van der Waals surface area contributed by atoms with Crippen LogP contribution in [0.25, 0.3) is 0 Å². The summed E-state index contributed by atoms with van der Waals surface area (Å²) in [6.45, 7) is 2.16. The van der Waals surface area contributed by atoms with Crippen molar-refractivity contribution in [1.82, 2.24) is 0 Å². The van der Waals surface area contributed by atoms with E-state index in [4.69, 9.17) is 16.3 Å². The monoisotopic (exact) mass is 304 g/mol. The second-order valence-corrected chi connectivity index (χ2v) is 5.02. The lowest BCUT2D eigenvalue weighted by Crippen LogP contribution is -2.21. The first-order valence-electron chi connectivity index (χ1n) is 6.52. The molecule has 0 fully saturated rings. The number of amides is 1. The molecule has 4 nitrogen and oxygen atoms in total. The van der Waals surface area contributed by atoms with E-state index in [1.807, 2.05) is 37.3 Å².